The molecule has 0 saturated carbocycles. The molecule has 88 valence electrons. The summed E-state index contributed by atoms with van der Waals surface area (Å²) >= 11 is 0. The molecule has 2 aliphatic heterocycles. The summed E-state index contributed by atoms with van der Waals surface area (Å²) in [6.45, 7) is 8.39. The molecule has 0 unspecified atom stereocenters. The van der Waals surface area contributed by atoms with E-state index in [-0.39, 0.29) is 24.1 Å². The van der Waals surface area contributed by atoms with Crippen LogP contribution < -0.4 is 5.32 Å². The highest BCUT2D eigenvalue weighted by atomic mass is 35.5. The largest absolute Gasteiger partial charge is 0.444 e. The lowest BCUT2D eigenvalue weighted by molar-refractivity contribution is 0.0290. The van der Waals surface area contributed by atoms with Crippen LogP contribution in [0.1, 0.15) is 20.8 Å². The van der Waals surface area contributed by atoms with Gasteiger partial charge in [-0.15, -0.1) is 12.4 Å². The molecule has 0 aromatic rings. The highest BCUT2D eigenvalue weighted by Crippen LogP contribution is 2.24. The Bertz CT molecular complexity index is 240. The van der Waals surface area contributed by atoms with Crippen LogP contribution in [-0.2, 0) is 4.74 Å². The van der Waals surface area contributed by atoms with Gasteiger partial charge in [-0.05, 0) is 20.8 Å². The van der Waals surface area contributed by atoms with E-state index in [1.807, 2.05) is 20.8 Å². The third-order valence-corrected chi connectivity index (χ3v) is 2.73. The minimum atomic E-state index is -0.383. The van der Waals surface area contributed by atoms with E-state index in [1.165, 1.54) is 0 Å². The monoisotopic (exact) mass is 234 g/mol. The standard InChI is InChI=1S/C10H18N2O2.ClH/c1-10(2,3)14-9(13)12-5-7-4-11-8(7)6-12;/h7-8,11H,4-6H2,1-3H3;1H/t7-,8+;/m1./s1. The Morgan fingerprint density at radius 3 is 2.40 bits per heavy atom. The minimum Gasteiger partial charge on any atom is -0.444 e. The first kappa shape index (κ1) is 12.6. The van der Waals surface area contributed by atoms with Gasteiger partial charge in [-0.3, -0.25) is 0 Å². The molecule has 0 aliphatic carbocycles. The lowest BCUT2D eigenvalue weighted by atomic mass is 9.96. The predicted molar refractivity (Wildman–Crippen MR) is 60.3 cm³/mol. The van der Waals surface area contributed by atoms with Crippen molar-refractivity contribution in [3.05, 3.63) is 0 Å². The number of nitrogens with zero attached hydrogens (tertiary/aromatic N) is 1. The van der Waals surface area contributed by atoms with Crippen molar-refractivity contribution >= 4 is 18.5 Å². The van der Waals surface area contributed by atoms with Crippen LogP contribution in [0.15, 0.2) is 0 Å². The smallest absolute Gasteiger partial charge is 0.410 e. The Hall–Kier alpha value is -0.480. The van der Waals surface area contributed by atoms with Gasteiger partial charge in [-0.1, -0.05) is 0 Å². The number of nitrogens with one attached hydrogen (secondary N) is 1. The summed E-state index contributed by atoms with van der Waals surface area (Å²) in [7, 11) is 0. The van der Waals surface area contributed by atoms with Crippen molar-refractivity contribution in [2.45, 2.75) is 32.4 Å². The van der Waals surface area contributed by atoms with Gasteiger partial charge in [0.15, 0.2) is 0 Å². The molecule has 0 radical (unpaired) electrons. The summed E-state index contributed by atoms with van der Waals surface area (Å²) < 4.78 is 5.31. The molecular weight excluding hydrogens is 216 g/mol. The van der Waals surface area contributed by atoms with Gasteiger partial charge < -0.3 is 15.0 Å². The molecule has 0 bridgehead atoms. The van der Waals surface area contributed by atoms with Gasteiger partial charge in [0.25, 0.3) is 0 Å². The molecule has 2 heterocycles. The highest BCUT2D eigenvalue weighted by molar-refractivity contribution is 5.85. The summed E-state index contributed by atoms with van der Waals surface area (Å²) in [4.78, 5) is 13.5. The van der Waals surface area contributed by atoms with Crippen molar-refractivity contribution in [1.29, 1.82) is 0 Å². The number of hydrogen-bond donors (Lipinski definition) is 1. The van der Waals surface area contributed by atoms with E-state index in [0.717, 1.165) is 19.6 Å². The molecule has 2 fully saturated rings. The van der Waals surface area contributed by atoms with E-state index in [2.05, 4.69) is 5.32 Å². The molecule has 2 atom stereocenters. The van der Waals surface area contributed by atoms with E-state index in [4.69, 9.17) is 4.74 Å². The molecule has 0 aromatic heterocycles. The zero-order valence-electron chi connectivity index (χ0n) is 9.45. The Morgan fingerprint density at radius 1 is 1.40 bits per heavy atom. The fourth-order valence-corrected chi connectivity index (χ4v) is 1.93. The van der Waals surface area contributed by atoms with Gasteiger partial charge in [0.1, 0.15) is 5.60 Å². The fourth-order valence-electron chi connectivity index (χ4n) is 1.93. The van der Waals surface area contributed by atoms with Crippen molar-refractivity contribution in [3.8, 4) is 0 Å². The number of ether oxygens (including phenoxy) is 1. The Kier molecular flexibility index (Phi) is 3.51. The quantitative estimate of drug-likeness (QED) is 0.686. The summed E-state index contributed by atoms with van der Waals surface area (Å²) in [6.07, 6.45) is -0.172. The lowest BCUT2D eigenvalue weighted by Gasteiger charge is -2.29. The topological polar surface area (TPSA) is 41.6 Å². The molecule has 5 heteroatoms. The Balaban J connectivity index is 0.00000112. The van der Waals surface area contributed by atoms with Crippen LogP contribution in [0.4, 0.5) is 4.79 Å². The van der Waals surface area contributed by atoms with Crippen LogP contribution in [0.2, 0.25) is 0 Å². The molecule has 2 rings (SSSR count). The average molecular weight is 235 g/mol. The van der Waals surface area contributed by atoms with Crippen LogP contribution in [-0.4, -0.2) is 42.3 Å². The van der Waals surface area contributed by atoms with Crippen molar-refractivity contribution in [2.75, 3.05) is 19.6 Å². The number of hydrogen-bond acceptors (Lipinski definition) is 3. The van der Waals surface area contributed by atoms with Gasteiger partial charge in [0.2, 0.25) is 0 Å². The Morgan fingerprint density at radius 2 is 2.07 bits per heavy atom. The Labute approximate surface area is 96.7 Å². The maximum Gasteiger partial charge on any atom is 0.410 e. The van der Waals surface area contributed by atoms with E-state index in [9.17, 15) is 4.79 Å². The second kappa shape index (κ2) is 4.18. The van der Waals surface area contributed by atoms with E-state index >= 15 is 0 Å². The van der Waals surface area contributed by atoms with Crippen LogP contribution in [0.5, 0.6) is 0 Å². The summed E-state index contributed by atoms with van der Waals surface area (Å²) in [5.74, 6) is 0.655. The van der Waals surface area contributed by atoms with Crippen molar-refractivity contribution < 1.29 is 9.53 Å². The van der Waals surface area contributed by atoms with Gasteiger partial charge in [0, 0.05) is 31.6 Å². The van der Waals surface area contributed by atoms with Crippen LogP contribution in [0.25, 0.3) is 0 Å². The van der Waals surface area contributed by atoms with E-state index in [0.29, 0.717) is 12.0 Å². The zero-order chi connectivity index (χ0) is 10.3. The van der Waals surface area contributed by atoms with Crippen molar-refractivity contribution in [1.82, 2.24) is 10.2 Å². The fraction of sp³-hybridized carbons (Fsp3) is 0.900. The van der Waals surface area contributed by atoms with E-state index in [1.54, 1.807) is 4.90 Å². The number of halogens is 1. The SMILES string of the molecule is CC(C)(C)OC(=O)N1C[C@H]2CN[C@H]2C1.Cl. The molecule has 1 N–H and O–H groups in total. The summed E-state index contributed by atoms with van der Waals surface area (Å²) in [5.41, 5.74) is -0.383. The first-order valence-corrected chi connectivity index (χ1v) is 5.17. The number of likely N-dealkylation sites (tertiary alicyclic amines) is 1. The first-order valence-electron chi connectivity index (χ1n) is 5.17. The van der Waals surface area contributed by atoms with Crippen LogP contribution >= 0.6 is 12.4 Å². The minimum absolute atomic E-state index is 0. The van der Waals surface area contributed by atoms with Gasteiger partial charge in [-0.2, -0.15) is 0 Å². The normalized spacial score (nSPS) is 28.9. The molecule has 2 aliphatic rings. The third-order valence-electron chi connectivity index (χ3n) is 2.73. The maximum absolute atomic E-state index is 11.7. The number of rotatable bonds is 0. The molecule has 0 aromatic carbocycles. The summed E-state index contributed by atoms with van der Waals surface area (Å²) in [5, 5.41) is 3.31. The predicted octanol–water partition coefficient (Wildman–Crippen LogP) is 1.25. The third kappa shape index (κ3) is 2.75. The van der Waals surface area contributed by atoms with Crippen LogP contribution in [0, 0.1) is 5.92 Å². The average Bonchev–Trinajstić information content (AvgIpc) is 2.24. The second-order valence-electron chi connectivity index (χ2n) is 5.16. The molecule has 1 amide bonds. The molecule has 0 spiro atoms. The molecule has 2 saturated heterocycles. The van der Waals surface area contributed by atoms with Gasteiger partial charge in [0.05, 0.1) is 0 Å². The maximum atomic E-state index is 11.7. The summed E-state index contributed by atoms with van der Waals surface area (Å²) in [6, 6.07) is 0.516. The molecule has 4 nitrogen and oxygen atoms in total. The first-order chi connectivity index (χ1) is 6.46. The number of amides is 1. The highest BCUT2D eigenvalue weighted by Gasteiger charge is 2.41. The number of carbonyl (C=O) groups excluding carboxylic acids is 1. The van der Waals surface area contributed by atoms with Crippen molar-refractivity contribution in [3.63, 3.8) is 0 Å². The molecule has 15 heavy (non-hydrogen) atoms. The van der Waals surface area contributed by atoms with Crippen LogP contribution in [0.3, 0.4) is 0 Å². The molecular formula is C10H19ClN2O2. The number of fused-ring (bicyclic) bond motifs is 1. The van der Waals surface area contributed by atoms with Gasteiger partial charge in [-0.25, -0.2) is 4.79 Å². The zero-order valence-corrected chi connectivity index (χ0v) is 10.3. The van der Waals surface area contributed by atoms with Gasteiger partial charge >= 0.3 is 6.09 Å². The van der Waals surface area contributed by atoms with E-state index < -0.39 is 0 Å². The van der Waals surface area contributed by atoms with Crippen molar-refractivity contribution in [2.24, 2.45) is 5.92 Å². The number of carbonyl (C=O) groups is 1. The lowest BCUT2D eigenvalue weighted by Crippen LogP contribution is -2.51. The second-order valence-corrected chi connectivity index (χ2v) is 5.16.